The van der Waals surface area contributed by atoms with E-state index >= 15 is 0 Å². The molecule has 2 fully saturated rings. The van der Waals surface area contributed by atoms with Crippen molar-refractivity contribution >= 4 is 11.8 Å². The first-order valence-corrected chi connectivity index (χ1v) is 12.3. The third kappa shape index (κ3) is 6.49. The highest BCUT2D eigenvalue weighted by Gasteiger charge is 2.49. The molecule has 9 nitrogen and oxygen atoms in total. The van der Waals surface area contributed by atoms with Crippen LogP contribution in [-0.2, 0) is 20.8 Å². The largest absolute Gasteiger partial charge is 0.491 e. The third-order valence-electron chi connectivity index (χ3n) is 6.35. The SMILES string of the molecule is COc1c(F)cc(CN(CCC2OCC3(CO2)CN(C(=O)OC(C)(C)C)C3)c2ccc(C#N)nc2)cc1F. The van der Waals surface area contributed by atoms with Crippen LogP contribution in [0.3, 0.4) is 0 Å². The zero-order valence-electron chi connectivity index (χ0n) is 22.0. The van der Waals surface area contributed by atoms with Crippen molar-refractivity contribution in [1.82, 2.24) is 9.88 Å². The van der Waals surface area contributed by atoms with Crippen molar-refractivity contribution in [2.75, 3.05) is 44.9 Å². The van der Waals surface area contributed by atoms with Gasteiger partial charge in [0.05, 0.1) is 37.6 Å². The van der Waals surface area contributed by atoms with Gasteiger partial charge in [-0.05, 0) is 50.6 Å². The van der Waals surface area contributed by atoms with Crippen LogP contribution in [0.15, 0.2) is 30.5 Å². The molecule has 0 saturated carbocycles. The second kappa shape index (κ2) is 11.1. The van der Waals surface area contributed by atoms with Gasteiger partial charge in [-0.2, -0.15) is 5.26 Å². The fourth-order valence-corrected chi connectivity index (χ4v) is 4.52. The molecule has 0 unspecified atom stereocenters. The Bertz CT molecular complexity index is 1160. The molecule has 1 amide bonds. The molecule has 0 radical (unpaired) electrons. The van der Waals surface area contributed by atoms with Gasteiger partial charge in [-0.25, -0.2) is 18.6 Å². The normalized spacial score (nSPS) is 17.0. The summed E-state index contributed by atoms with van der Waals surface area (Å²) in [6.45, 7) is 8.02. The molecule has 2 aliphatic heterocycles. The smallest absolute Gasteiger partial charge is 0.410 e. The molecule has 38 heavy (non-hydrogen) atoms. The molecule has 3 heterocycles. The number of nitrogens with zero attached hydrogens (tertiary/aromatic N) is 4. The molecule has 4 rings (SSSR count). The number of halogens is 2. The fraction of sp³-hybridized carbons (Fsp3) is 0.519. The number of likely N-dealkylation sites (tertiary alicyclic amines) is 1. The first kappa shape index (κ1) is 27.5. The van der Waals surface area contributed by atoms with Gasteiger partial charge < -0.3 is 28.7 Å². The number of carbonyl (C=O) groups is 1. The Morgan fingerprint density at radius 3 is 2.42 bits per heavy atom. The van der Waals surface area contributed by atoms with Gasteiger partial charge in [-0.3, -0.25) is 0 Å². The average molecular weight is 531 g/mol. The van der Waals surface area contributed by atoms with Crippen molar-refractivity contribution in [3.05, 3.63) is 53.4 Å². The lowest BCUT2D eigenvalue weighted by atomic mass is 9.81. The minimum Gasteiger partial charge on any atom is -0.491 e. The monoisotopic (exact) mass is 530 g/mol. The Hall–Kier alpha value is -3.49. The number of nitriles is 1. The van der Waals surface area contributed by atoms with Gasteiger partial charge in [-0.1, -0.05) is 0 Å². The zero-order valence-corrected chi connectivity index (χ0v) is 22.0. The lowest BCUT2D eigenvalue weighted by Crippen LogP contribution is -2.65. The van der Waals surface area contributed by atoms with Crippen molar-refractivity contribution in [2.45, 2.75) is 45.6 Å². The van der Waals surface area contributed by atoms with Gasteiger partial charge in [-0.15, -0.1) is 0 Å². The number of anilines is 1. The first-order chi connectivity index (χ1) is 18.0. The van der Waals surface area contributed by atoms with Crippen LogP contribution in [0.25, 0.3) is 0 Å². The predicted octanol–water partition coefficient (Wildman–Crippen LogP) is 4.25. The number of hydrogen-bond acceptors (Lipinski definition) is 8. The van der Waals surface area contributed by atoms with Gasteiger partial charge in [0.25, 0.3) is 0 Å². The summed E-state index contributed by atoms with van der Waals surface area (Å²) in [6.07, 6.45) is 1.21. The summed E-state index contributed by atoms with van der Waals surface area (Å²) in [4.78, 5) is 19.9. The Labute approximate surface area is 220 Å². The summed E-state index contributed by atoms with van der Waals surface area (Å²) >= 11 is 0. The molecule has 1 aromatic heterocycles. The maximum Gasteiger partial charge on any atom is 0.410 e. The van der Waals surface area contributed by atoms with E-state index in [9.17, 15) is 13.6 Å². The van der Waals surface area contributed by atoms with E-state index in [1.165, 1.54) is 19.2 Å². The van der Waals surface area contributed by atoms with Crippen LogP contribution < -0.4 is 9.64 Å². The summed E-state index contributed by atoms with van der Waals surface area (Å²) in [7, 11) is 1.21. The highest BCUT2D eigenvalue weighted by atomic mass is 19.1. The molecule has 11 heteroatoms. The maximum atomic E-state index is 14.3. The number of aromatic nitrogens is 1. The summed E-state index contributed by atoms with van der Waals surface area (Å²) in [5, 5.41) is 9.07. The first-order valence-electron chi connectivity index (χ1n) is 12.3. The van der Waals surface area contributed by atoms with Crippen LogP contribution in [-0.4, -0.2) is 67.8 Å². The van der Waals surface area contributed by atoms with Crippen LogP contribution in [0.4, 0.5) is 19.3 Å². The van der Waals surface area contributed by atoms with E-state index in [0.717, 1.165) is 0 Å². The predicted molar refractivity (Wildman–Crippen MR) is 133 cm³/mol. The maximum absolute atomic E-state index is 14.3. The van der Waals surface area contributed by atoms with Crippen LogP contribution >= 0.6 is 0 Å². The molecule has 0 N–H and O–H groups in total. The van der Waals surface area contributed by atoms with Crippen molar-refractivity contribution in [1.29, 1.82) is 5.26 Å². The number of hydrogen-bond donors (Lipinski definition) is 0. The van der Waals surface area contributed by atoms with Crippen LogP contribution in [0.2, 0.25) is 0 Å². The molecule has 0 aliphatic carbocycles. The average Bonchev–Trinajstić information content (AvgIpc) is 2.84. The number of amides is 1. The number of pyridine rings is 1. The second-order valence-corrected chi connectivity index (χ2v) is 10.7. The molecular weight excluding hydrogens is 498 g/mol. The molecular formula is C27H32F2N4O5. The van der Waals surface area contributed by atoms with Gasteiger partial charge in [0.15, 0.2) is 23.7 Å². The van der Waals surface area contributed by atoms with Crippen LogP contribution in [0, 0.1) is 28.4 Å². The van der Waals surface area contributed by atoms with Gasteiger partial charge in [0.1, 0.15) is 17.4 Å². The Kier molecular flexibility index (Phi) is 8.04. The molecule has 0 atom stereocenters. The van der Waals surface area contributed by atoms with Gasteiger partial charge >= 0.3 is 6.09 Å². The van der Waals surface area contributed by atoms with Crippen molar-refractivity contribution in [3.63, 3.8) is 0 Å². The minimum absolute atomic E-state index is 0.187. The summed E-state index contributed by atoms with van der Waals surface area (Å²) in [5.74, 6) is -2.00. The number of ether oxygens (including phenoxy) is 4. The highest BCUT2D eigenvalue weighted by Crippen LogP contribution is 2.36. The number of benzene rings is 1. The number of rotatable bonds is 7. The molecule has 0 bridgehead atoms. The Balaban J connectivity index is 1.36. The lowest BCUT2D eigenvalue weighted by molar-refractivity contribution is -0.254. The fourth-order valence-electron chi connectivity index (χ4n) is 4.52. The molecule has 2 aliphatic rings. The van der Waals surface area contributed by atoms with Crippen molar-refractivity contribution in [2.24, 2.45) is 5.41 Å². The third-order valence-corrected chi connectivity index (χ3v) is 6.35. The number of carbonyl (C=O) groups excluding carboxylic acids is 1. The van der Waals surface area contributed by atoms with E-state index in [4.69, 9.17) is 24.2 Å². The Morgan fingerprint density at radius 2 is 1.89 bits per heavy atom. The zero-order chi connectivity index (χ0) is 27.5. The molecule has 1 spiro atoms. The van der Waals surface area contributed by atoms with E-state index < -0.39 is 29.3 Å². The Morgan fingerprint density at radius 1 is 1.24 bits per heavy atom. The standard InChI is InChI=1S/C27H32F2N4O5/c1-26(2,3)38-25(34)33-14-27(15-33)16-36-23(37-17-27)7-8-32(20-6-5-19(11-30)31-12-20)13-18-9-21(28)24(35-4)22(29)10-18/h5-6,9-10,12,23H,7-8,13-17H2,1-4H3. The molecule has 2 aromatic rings. The van der Waals surface area contributed by atoms with E-state index in [2.05, 4.69) is 4.98 Å². The molecule has 204 valence electrons. The molecule has 1 aromatic carbocycles. The number of methoxy groups -OCH3 is 1. The quantitative estimate of drug-likeness (QED) is 0.524. The van der Waals surface area contributed by atoms with Gasteiger partial charge in [0.2, 0.25) is 0 Å². The second-order valence-electron chi connectivity index (χ2n) is 10.7. The minimum atomic E-state index is -0.787. The summed E-state index contributed by atoms with van der Waals surface area (Å²) in [5.41, 5.74) is 0.554. The van der Waals surface area contributed by atoms with E-state index in [-0.39, 0.29) is 23.7 Å². The summed E-state index contributed by atoms with van der Waals surface area (Å²) in [6, 6.07) is 7.76. The topological polar surface area (TPSA) is 97.1 Å². The van der Waals surface area contributed by atoms with E-state index in [0.29, 0.717) is 50.5 Å². The van der Waals surface area contributed by atoms with Crippen LogP contribution in [0.5, 0.6) is 5.75 Å². The summed E-state index contributed by atoms with van der Waals surface area (Å²) < 4.78 is 50.8. The lowest BCUT2D eigenvalue weighted by Gasteiger charge is -2.52. The van der Waals surface area contributed by atoms with Crippen LogP contribution in [0.1, 0.15) is 38.4 Å². The highest BCUT2D eigenvalue weighted by molar-refractivity contribution is 5.69. The van der Waals surface area contributed by atoms with E-state index in [1.54, 1.807) is 23.2 Å². The molecule has 2 saturated heterocycles. The van der Waals surface area contributed by atoms with Gasteiger partial charge in [0, 0.05) is 32.6 Å². The van der Waals surface area contributed by atoms with Crippen molar-refractivity contribution < 1.29 is 32.5 Å². The van der Waals surface area contributed by atoms with E-state index in [1.807, 2.05) is 31.7 Å². The van der Waals surface area contributed by atoms with Crippen molar-refractivity contribution in [3.8, 4) is 11.8 Å².